The molecule has 0 saturated carbocycles. The van der Waals surface area contributed by atoms with E-state index in [9.17, 15) is 14.3 Å². The fourth-order valence-corrected chi connectivity index (χ4v) is 7.80. The normalized spacial score (nSPS) is 20.6. The molecule has 1 N–H and O–H groups in total. The molecule has 0 bridgehead atoms. The number of hydrogen-bond acceptors (Lipinski definition) is 5. The predicted octanol–water partition coefficient (Wildman–Crippen LogP) is 6.82. The Morgan fingerprint density at radius 2 is 1.76 bits per heavy atom. The second-order valence-electron chi connectivity index (χ2n) is 12.9. The van der Waals surface area contributed by atoms with Crippen molar-refractivity contribution in [2.24, 2.45) is 11.8 Å². The van der Waals surface area contributed by atoms with E-state index in [4.69, 9.17) is 9.84 Å². The van der Waals surface area contributed by atoms with Gasteiger partial charge >= 0.3 is 5.97 Å². The van der Waals surface area contributed by atoms with Gasteiger partial charge in [0.2, 0.25) is 0 Å². The largest absolute Gasteiger partial charge is 0.494 e. The fraction of sp³-hybridized carbons (Fsp3) is 0.568. The summed E-state index contributed by atoms with van der Waals surface area (Å²) in [6, 6.07) is 17.0. The standard InChI is InChI=1S/C37H51FN4O3/c1-5-27(6-2)36(37(43)44)41-24-30(34(25-41)29-10-9-11-31(38)21-29)23-40-18-16-28(17-19-40)35-22-32(39-42(35)7-3)20-26-12-14-33(15-13-26)45-8-4/h9-15,21-22,27-28,30,34,36H,5-8,16-20,23-25H2,1-4H3,(H,43,44)/t30?,34?,36-/m1/s1. The van der Waals surface area contributed by atoms with Crippen LogP contribution in [0.25, 0.3) is 0 Å². The number of aryl methyl sites for hydroxylation is 1. The van der Waals surface area contributed by atoms with Gasteiger partial charge in [-0.05, 0) is 93.1 Å². The van der Waals surface area contributed by atoms with E-state index < -0.39 is 12.0 Å². The van der Waals surface area contributed by atoms with Gasteiger partial charge < -0.3 is 14.7 Å². The van der Waals surface area contributed by atoms with Gasteiger partial charge in [-0.1, -0.05) is 51.0 Å². The molecule has 0 spiro atoms. The van der Waals surface area contributed by atoms with Crippen molar-refractivity contribution < 1.29 is 19.0 Å². The summed E-state index contributed by atoms with van der Waals surface area (Å²) in [4.78, 5) is 17.2. The van der Waals surface area contributed by atoms with E-state index in [0.29, 0.717) is 19.1 Å². The van der Waals surface area contributed by atoms with E-state index >= 15 is 0 Å². The summed E-state index contributed by atoms with van der Waals surface area (Å²) in [6.45, 7) is 14.1. The van der Waals surface area contributed by atoms with E-state index in [-0.39, 0.29) is 23.6 Å². The van der Waals surface area contributed by atoms with Crippen molar-refractivity contribution in [2.75, 3.05) is 39.3 Å². The lowest BCUT2D eigenvalue weighted by Gasteiger charge is -2.35. The SMILES string of the molecule is CCOc1ccc(Cc2cc(C3CCN(CC4CN([C@@H](C(=O)O)C(CC)CC)CC4c4cccc(F)c4)CC3)n(CC)n2)cc1. The van der Waals surface area contributed by atoms with Crippen LogP contribution >= 0.6 is 0 Å². The van der Waals surface area contributed by atoms with E-state index in [0.717, 1.165) is 81.8 Å². The van der Waals surface area contributed by atoms with Crippen LogP contribution in [0.2, 0.25) is 0 Å². The monoisotopic (exact) mass is 618 g/mol. The number of hydrogen-bond donors (Lipinski definition) is 1. The quantitative estimate of drug-likeness (QED) is 0.214. The Hall–Kier alpha value is -3.23. The second kappa shape index (κ2) is 15.4. The molecule has 2 aliphatic rings. The molecule has 0 aliphatic carbocycles. The van der Waals surface area contributed by atoms with Crippen LogP contribution in [0.15, 0.2) is 54.6 Å². The number of carboxylic acid groups (broad SMARTS) is 1. The number of ether oxygens (including phenoxy) is 1. The smallest absolute Gasteiger partial charge is 0.321 e. The number of nitrogens with zero attached hydrogens (tertiary/aromatic N) is 4. The lowest BCUT2D eigenvalue weighted by Crippen LogP contribution is -2.45. The number of carboxylic acids is 1. The van der Waals surface area contributed by atoms with Gasteiger partial charge in [0.1, 0.15) is 17.6 Å². The van der Waals surface area contributed by atoms with Gasteiger partial charge in [-0.2, -0.15) is 5.10 Å². The summed E-state index contributed by atoms with van der Waals surface area (Å²) in [5.41, 5.74) is 4.65. The van der Waals surface area contributed by atoms with Gasteiger partial charge in [-0.3, -0.25) is 14.4 Å². The number of carbonyl (C=O) groups is 1. The number of likely N-dealkylation sites (tertiary alicyclic amines) is 2. The minimum atomic E-state index is -0.738. The van der Waals surface area contributed by atoms with Crippen molar-refractivity contribution in [1.82, 2.24) is 19.6 Å². The molecule has 0 radical (unpaired) electrons. The van der Waals surface area contributed by atoms with Crippen molar-refractivity contribution in [3.63, 3.8) is 0 Å². The third-order valence-electron chi connectivity index (χ3n) is 10.2. The van der Waals surface area contributed by atoms with Crippen LogP contribution in [0.1, 0.15) is 87.7 Å². The molecule has 2 aliphatic heterocycles. The molecule has 3 atom stereocenters. The second-order valence-corrected chi connectivity index (χ2v) is 12.9. The van der Waals surface area contributed by atoms with E-state index in [2.05, 4.69) is 53.5 Å². The molecule has 5 rings (SSSR count). The lowest BCUT2D eigenvalue weighted by atomic mass is 9.87. The van der Waals surface area contributed by atoms with Crippen LogP contribution in [-0.4, -0.2) is 76.0 Å². The molecular formula is C37H51FN4O3. The first-order chi connectivity index (χ1) is 21.8. The average Bonchev–Trinajstić information content (AvgIpc) is 3.65. The summed E-state index contributed by atoms with van der Waals surface area (Å²) in [5, 5.41) is 15.2. The molecule has 2 saturated heterocycles. The first-order valence-electron chi connectivity index (χ1n) is 17.1. The lowest BCUT2D eigenvalue weighted by molar-refractivity contribution is -0.145. The molecule has 2 unspecified atom stereocenters. The summed E-state index contributed by atoms with van der Waals surface area (Å²) >= 11 is 0. The van der Waals surface area contributed by atoms with Crippen molar-refractivity contribution in [3.8, 4) is 5.75 Å². The van der Waals surface area contributed by atoms with Gasteiger partial charge in [0.15, 0.2) is 0 Å². The molecule has 3 aromatic rings. The number of halogens is 1. The molecule has 244 valence electrons. The van der Waals surface area contributed by atoms with Crippen LogP contribution in [0.3, 0.4) is 0 Å². The number of benzene rings is 2. The number of aliphatic carboxylic acids is 1. The van der Waals surface area contributed by atoms with E-state index in [1.165, 1.54) is 17.3 Å². The molecule has 0 amide bonds. The highest BCUT2D eigenvalue weighted by atomic mass is 19.1. The zero-order valence-corrected chi connectivity index (χ0v) is 27.5. The first kappa shape index (κ1) is 33.1. The Kier molecular flexibility index (Phi) is 11.3. The topological polar surface area (TPSA) is 70.8 Å². The molecule has 7 nitrogen and oxygen atoms in total. The van der Waals surface area contributed by atoms with Gasteiger partial charge in [-0.25, -0.2) is 4.39 Å². The van der Waals surface area contributed by atoms with Crippen LogP contribution in [0, 0.1) is 17.7 Å². The number of piperidine rings is 1. The van der Waals surface area contributed by atoms with Crippen LogP contribution in [0.5, 0.6) is 5.75 Å². The predicted molar refractivity (Wildman–Crippen MR) is 176 cm³/mol. The Morgan fingerprint density at radius 3 is 2.38 bits per heavy atom. The van der Waals surface area contributed by atoms with Crippen molar-refractivity contribution in [2.45, 2.75) is 84.2 Å². The maximum atomic E-state index is 14.3. The Bertz CT molecular complexity index is 1380. The van der Waals surface area contributed by atoms with E-state index in [1.807, 2.05) is 25.1 Å². The maximum Gasteiger partial charge on any atom is 0.321 e. The zero-order valence-electron chi connectivity index (χ0n) is 27.5. The highest BCUT2D eigenvalue weighted by molar-refractivity contribution is 5.74. The summed E-state index contributed by atoms with van der Waals surface area (Å²) in [7, 11) is 0. The average molecular weight is 619 g/mol. The highest BCUT2D eigenvalue weighted by Gasteiger charge is 2.42. The molecule has 3 heterocycles. The van der Waals surface area contributed by atoms with Crippen LogP contribution < -0.4 is 4.74 Å². The van der Waals surface area contributed by atoms with Gasteiger partial charge in [-0.15, -0.1) is 0 Å². The van der Waals surface area contributed by atoms with Crippen LogP contribution in [0.4, 0.5) is 4.39 Å². The molecule has 2 fully saturated rings. The number of rotatable bonds is 14. The highest BCUT2D eigenvalue weighted by Crippen LogP contribution is 2.38. The van der Waals surface area contributed by atoms with Crippen molar-refractivity contribution >= 4 is 5.97 Å². The van der Waals surface area contributed by atoms with Gasteiger partial charge in [0, 0.05) is 50.1 Å². The maximum absolute atomic E-state index is 14.3. The van der Waals surface area contributed by atoms with Crippen molar-refractivity contribution in [1.29, 1.82) is 0 Å². The summed E-state index contributed by atoms with van der Waals surface area (Å²) in [6.07, 6.45) is 4.62. The third kappa shape index (κ3) is 7.95. The fourth-order valence-electron chi connectivity index (χ4n) is 7.80. The molecule has 2 aromatic carbocycles. The third-order valence-corrected chi connectivity index (χ3v) is 10.2. The molecular weight excluding hydrogens is 567 g/mol. The van der Waals surface area contributed by atoms with Crippen molar-refractivity contribution in [3.05, 3.63) is 82.9 Å². The summed E-state index contributed by atoms with van der Waals surface area (Å²) < 4.78 is 22.1. The summed E-state index contributed by atoms with van der Waals surface area (Å²) in [5.74, 6) is 0.865. The zero-order chi connectivity index (χ0) is 31.9. The molecule has 45 heavy (non-hydrogen) atoms. The first-order valence-corrected chi connectivity index (χ1v) is 17.1. The van der Waals surface area contributed by atoms with Gasteiger partial charge in [0.25, 0.3) is 0 Å². The Balaban J connectivity index is 1.25. The minimum absolute atomic E-state index is 0.105. The minimum Gasteiger partial charge on any atom is -0.494 e. The molecule has 8 heteroatoms. The van der Waals surface area contributed by atoms with E-state index in [1.54, 1.807) is 12.1 Å². The molecule has 1 aromatic heterocycles. The Labute approximate surface area is 268 Å². The van der Waals surface area contributed by atoms with Gasteiger partial charge in [0.05, 0.1) is 12.3 Å². The number of aromatic nitrogens is 2. The van der Waals surface area contributed by atoms with Crippen LogP contribution in [-0.2, 0) is 17.8 Å². The Morgan fingerprint density at radius 1 is 1.02 bits per heavy atom.